The van der Waals surface area contributed by atoms with Crippen molar-refractivity contribution in [2.75, 3.05) is 0 Å². The predicted octanol–water partition coefficient (Wildman–Crippen LogP) is 4.70. The van der Waals surface area contributed by atoms with Crippen LogP contribution < -0.4 is 10.1 Å². The van der Waals surface area contributed by atoms with Gasteiger partial charge in [0.05, 0.1) is 16.7 Å². The van der Waals surface area contributed by atoms with Crippen molar-refractivity contribution in [3.63, 3.8) is 0 Å². The van der Waals surface area contributed by atoms with Gasteiger partial charge in [0.15, 0.2) is 6.10 Å². The summed E-state index contributed by atoms with van der Waals surface area (Å²) < 4.78 is 6.38. The van der Waals surface area contributed by atoms with Gasteiger partial charge >= 0.3 is 0 Å². The number of nitrogens with one attached hydrogen (secondary N) is 1. The van der Waals surface area contributed by atoms with Crippen LogP contribution in [0, 0.1) is 0 Å². The van der Waals surface area contributed by atoms with E-state index in [9.17, 15) is 4.79 Å². The molecule has 0 fully saturated rings. The number of halogens is 2. The van der Waals surface area contributed by atoms with Gasteiger partial charge in [-0.05, 0) is 53.2 Å². The molecule has 1 N–H and O–H groups in total. The number of pyridine rings is 1. The molecule has 134 valence electrons. The van der Waals surface area contributed by atoms with E-state index in [-0.39, 0.29) is 5.91 Å². The first-order chi connectivity index (χ1) is 12.5. The molecule has 0 radical (unpaired) electrons. The van der Waals surface area contributed by atoms with Crippen LogP contribution in [0.5, 0.6) is 5.75 Å². The van der Waals surface area contributed by atoms with Crippen molar-refractivity contribution in [2.45, 2.75) is 19.6 Å². The number of benzene rings is 1. The molecule has 3 aromatic rings. The second-order valence-electron chi connectivity index (χ2n) is 5.43. The fourth-order valence-electron chi connectivity index (χ4n) is 2.15. The quantitative estimate of drug-likeness (QED) is 0.588. The Hall–Kier alpha value is -1.96. The highest BCUT2D eigenvalue weighted by molar-refractivity contribution is 9.10. The molecule has 1 atom stereocenters. The third-order valence-corrected chi connectivity index (χ3v) is 5.28. The summed E-state index contributed by atoms with van der Waals surface area (Å²) in [4.78, 5) is 20.8. The first-order valence-electron chi connectivity index (χ1n) is 7.77. The van der Waals surface area contributed by atoms with E-state index in [0.29, 0.717) is 21.8 Å². The van der Waals surface area contributed by atoms with Gasteiger partial charge in [-0.15, -0.1) is 11.3 Å². The van der Waals surface area contributed by atoms with E-state index >= 15 is 0 Å². The van der Waals surface area contributed by atoms with E-state index in [1.54, 1.807) is 37.5 Å². The Balaban J connectivity index is 1.56. The normalized spacial score (nSPS) is 11.8. The van der Waals surface area contributed by atoms with Crippen LogP contribution in [0.4, 0.5) is 0 Å². The van der Waals surface area contributed by atoms with Crippen molar-refractivity contribution < 1.29 is 9.53 Å². The van der Waals surface area contributed by atoms with Crippen LogP contribution >= 0.6 is 38.9 Å². The maximum atomic E-state index is 12.3. The fraction of sp³-hybridized carbons (Fsp3) is 0.167. The molecule has 5 nitrogen and oxygen atoms in total. The van der Waals surface area contributed by atoms with Gasteiger partial charge in [-0.2, -0.15) is 0 Å². The molecular formula is C18H15BrClN3O2S. The lowest BCUT2D eigenvalue weighted by atomic mass is 10.3. The van der Waals surface area contributed by atoms with E-state index < -0.39 is 6.10 Å². The van der Waals surface area contributed by atoms with E-state index in [0.717, 1.165) is 16.3 Å². The summed E-state index contributed by atoms with van der Waals surface area (Å²) in [6, 6.07) is 8.96. The Kier molecular flexibility index (Phi) is 6.24. The first kappa shape index (κ1) is 18.8. The summed E-state index contributed by atoms with van der Waals surface area (Å²) in [5.74, 6) is 0.344. The Labute approximate surface area is 168 Å². The third-order valence-electron chi connectivity index (χ3n) is 3.49. The number of thiazole rings is 1. The monoisotopic (exact) mass is 451 g/mol. The van der Waals surface area contributed by atoms with Gasteiger partial charge in [0, 0.05) is 28.4 Å². The van der Waals surface area contributed by atoms with Crippen molar-refractivity contribution in [2.24, 2.45) is 0 Å². The Morgan fingerprint density at radius 1 is 1.35 bits per heavy atom. The Morgan fingerprint density at radius 3 is 2.85 bits per heavy atom. The smallest absolute Gasteiger partial charge is 0.261 e. The number of carbonyl (C=O) groups is 1. The lowest BCUT2D eigenvalue weighted by molar-refractivity contribution is -0.127. The minimum absolute atomic E-state index is 0.217. The number of hydrogen-bond donors (Lipinski definition) is 1. The van der Waals surface area contributed by atoms with Crippen molar-refractivity contribution in [1.29, 1.82) is 0 Å². The van der Waals surface area contributed by atoms with Gasteiger partial charge in [0.1, 0.15) is 10.8 Å². The average Bonchev–Trinajstić information content (AvgIpc) is 3.11. The molecule has 0 aliphatic carbocycles. The van der Waals surface area contributed by atoms with Gasteiger partial charge < -0.3 is 10.1 Å². The van der Waals surface area contributed by atoms with Crippen LogP contribution in [0.3, 0.4) is 0 Å². The minimum Gasteiger partial charge on any atom is -0.480 e. The summed E-state index contributed by atoms with van der Waals surface area (Å²) in [6.07, 6.45) is 2.81. The molecule has 0 bridgehead atoms. The van der Waals surface area contributed by atoms with E-state index in [4.69, 9.17) is 16.3 Å². The number of nitrogens with zero attached hydrogens (tertiary/aromatic N) is 2. The van der Waals surface area contributed by atoms with Gasteiger partial charge in [-0.25, -0.2) is 4.98 Å². The topological polar surface area (TPSA) is 64.1 Å². The fourth-order valence-corrected chi connectivity index (χ4v) is 3.75. The van der Waals surface area contributed by atoms with Crippen molar-refractivity contribution in [3.8, 4) is 16.3 Å². The van der Waals surface area contributed by atoms with Crippen molar-refractivity contribution >= 4 is 44.8 Å². The van der Waals surface area contributed by atoms with Crippen LogP contribution in [-0.2, 0) is 11.3 Å². The van der Waals surface area contributed by atoms with E-state index in [2.05, 4.69) is 31.2 Å². The van der Waals surface area contributed by atoms with E-state index in [1.165, 1.54) is 11.3 Å². The number of aromatic nitrogens is 2. The maximum absolute atomic E-state index is 12.3. The average molecular weight is 453 g/mol. The zero-order valence-corrected chi connectivity index (χ0v) is 16.9. The molecule has 0 saturated heterocycles. The van der Waals surface area contributed by atoms with Gasteiger partial charge in [-0.1, -0.05) is 11.6 Å². The summed E-state index contributed by atoms with van der Waals surface area (Å²) in [6.45, 7) is 2.04. The van der Waals surface area contributed by atoms with Crippen LogP contribution in [0.25, 0.3) is 10.6 Å². The highest BCUT2D eigenvalue weighted by Crippen LogP contribution is 2.28. The number of hydrogen-bond acceptors (Lipinski definition) is 5. The van der Waals surface area contributed by atoms with E-state index in [1.807, 2.05) is 17.5 Å². The van der Waals surface area contributed by atoms with Crippen LogP contribution in [0.1, 0.15) is 12.6 Å². The first-order valence-corrected chi connectivity index (χ1v) is 9.82. The largest absolute Gasteiger partial charge is 0.480 e. The third kappa shape index (κ3) is 4.81. The molecule has 1 amide bonds. The lowest BCUT2D eigenvalue weighted by Crippen LogP contribution is -2.36. The van der Waals surface area contributed by atoms with Gasteiger partial charge in [0.25, 0.3) is 5.91 Å². The number of amides is 1. The summed E-state index contributed by atoms with van der Waals surface area (Å²) in [5.41, 5.74) is 1.81. The van der Waals surface area contributed by atoms with Crippen molar-refractivity contribution in [3.05, 3.63) is 63.3 Å². The molecule has 2 heterocycles. The number of carbonyl (C=O) groups excluding carboxylic acids is 1. The molecule has 0 aliphatic heterocycles. The van der Waals surface area contributed by atoms with Crippen LogP contribution in [0.2, 0.25) is 5.02 Å². The molecule has 1 unspecified atom stereocenters. The zero-order chi connectivity index (χ0) is 18.5. The second kappa shape index (κ2) is 8.62. The molecule has 0 aliphatic rings. The summed E-state index contributed by atoms with van der Waals surface area (Å²) >= 11 is 10.8. The molecule has 26 heavy (non-hydrogen) atoms. The molecular weight excluding hydrogens is 438 g/mol. The van der Waals surface area contributed by atoms with Gasteiger partial charge in [-0.3, -0.25) is 9.78 Å². The molecule has 2 aromatic heterocycles. The lowest BCUT2D eigenvalue weighted by Gasteiger charge is -2.15. The Bertz CT molecular complexity index is 904. The Morgan fingerprint density at radius 2 is 2.12 bits per heavy atom. The standard InChI is InChI=1S/C18H15BrClN3O2S/c1-11(25-16-3-2-13(20)8-15(16)19)17(24)22-9-14-10-26-18(23-14)12-4-6-21-7-5-12/h2-8,10-11H,9H2,1H3,(H,22,24). The molecule has 0 saturated carbocycles. The second-order valence-corrected chi connectivity index (χ2v) is 7.58. The minimum atomic E-state index is -0.647. The maximum Gasteiger partial charge on any atom is 0.261 e. The summed E-state index contributed by atoms with van der Waals surface area (Å²) in [7, 11) is 0. The number of rotatable bonds is 6. The molecule has 3 rings (SSSR count). The predicted molar refractivity (Wildman–Crippen MR) is 106 cm³/mol. The van der Waals surface area contributed by atoms with Crippen molar-refractivity contribution in [1.82, 2.24) is 15.3 Å². The van der Waals surface area contributed by atoms with Crippen LogP contribution in [-0.4, -0.2) is 22.0 Å². The SMILES string of the molecule is CC(Oc1ccc(Cl)cc1Br)C(=O)NCc1csc(-c2ccncc2)n1. The summed E-state index contributed by atoms with van der Waals surface area (Å²) in [5, 5.41) is 6.26. The van der Waals surface area contributed by atoms with Gasteiger partial charge in [0.2, 0.25) is 0 Å². The highest BCUT2D eigenvalue weighted by atomic mass is 79.9. The molecule has 8 heteroatoms. The number of ether oxygens (including phenoxy) is 1. The highest BCUT2D eigenvalue weighted by Gasteiger charge is 2.16. The zero-order valence-electron chi connectivity index (χ0n) is 13.8. The molecule has 1 aromatic carbocycles. The molecule has 0 spiro atoms. The van der Waals surface area contributed by atoms with Crippen LogP contribution in [0.15, 0.2) is 52.6 Å².